The fraction of sp³-hybridized carbons (Fsp3) is 0.571. The van der Waals surface area contributed by atoms with Crippen molar-refractivity contribution < 1.29 is 4.39 Å². The Morgan fingerprint density at radius 1 is 1.26 bits per heavy atom. The average molecular weight is 330 g/mol. The number of nitrogens with zero attached hydrogens (tertiary/aromatic N) is 2. The van der Waals surface area contributed by atoms with E-state index >= 15 is 0 Å². The highest BCUT2D eigenvalue weighted by Crippen LogP contribution is 2.23. The van der Waals surface area contributed by atoms with Crippen molar-refractivity contribution in [3.63, 3.8) is 0 Å². The van der Waals surface area contributed by atoms with Crippen molar-refractivity contribution in [1.82, 2.24) is 9.80 Å². The van der Waals surface area contributed by atoms with Gasteiger partial charge in [-0.1, -0.05) is 0 Å². The van der Waals surface area contributed by atoms with Gasteiger partial charge in [0, 0.05) is 45.0 Å². The van der Waals surface area contributed by atoms with E-state index in [4.69, 9.17) is 0 Å². The number of piperazine rings is 1. The van der Waals surface area contributed by atoms with Crippen LogP contribution >= 0.6 is 15.9 Å². The summed E-state index contributed by atoms with van der Waals surface area (Å²) in [5.41, 5.74) is 1.95. The summed E-state index contributed by atoms with van der Waals surface area (Å²) in [7, 11) is 2.16. The second kappa shape index (κ2) is 6.68. The predicted molar refractivity (Wildman–Crippen MR) is 81.3 cm³/mol. The molecule has 0 unspecified atom stereocenters. The first-order valence-corrected chi connectivity index (χ1v) is 7.46. The molecule has 0 radical (unpaired) electrons. The minimum Gasteiger partial charge on any atom is -0.383 e. The molecule has 0 aliphatic carbocycles. The van der Waals surface area contributed by atoms with E-state index in [1.807, 2.05) is 13.0 Å². The fourth-order valence-corrected chi connectivity index (χ4v) is 2.71. The zero-order valence-electron chi connectivity index (χ0n) is 11.5. The summed E-state index contributed by atoms with van der Waals surface area (Å²) in [5, 5.41) is 3.32. The quantitative estimate of drug-likeness (QED) is 0.915. The van der Waals surface area contributed by atoms with Crippen molar-refractivity contribution in [2.45, 2.75) is 6.92 Å². The van der Waals surface area contributed by atoms with E-state index in [0.717, 1.165) is 50.5 Å². The summed E-state index contributed by atoms with van der Waals surface area (Å²) in [6, 6.07) is 3.37. The maximum Gasteiger partial charge on any atom is 0.139 e. The summed E-state index contributed by atoms with van der Waals surface area (Å²) >= 11 is 3.20. The normalized spacial score (nSPS) is 17.7. The molecule has 19 heavy (non-hydrogen) atoms. The summed E-state index contributed by atoms with van der Waals surface area (Å²) in [5.74, 6) is -0.215. The molecule has 3 nitrogen and oxygen atoms in total. The number of hydrogen-bond acceptors (Lipinski definition) is 3. The number of nitrogens with one attached hydrogen (secondary N) is 1. The first-order chi connectivity index (χ1) is 9.06. The highest BCUT2D eigenvalue weighted by atomic mass is 79.9. The number of anilines is 1. The van der Waals surface area contributed by atoms with Gasteiger partial charge in [0.1, 0.15) is 5.82 Å². The Morgan fingerprint density at radius 2 is 1.95 bits per heavy atom. The Bertz CT molecular complexity index is 431. The van der Waals surface area contributed by atoms with Crippen LogP contribution in [-0.4, -0.2) is 56.1 Å². The number of benzene rings is 1. The molecule has 5 heteroatoms. The molecule has 1 aromatic rings. The molecule has 2 rings (SSSR count). The highest BCUT2D eigenvalue weighted by Gasteiger charge is 2.13. The van der Waals surface area contributed by atoms with E-state index in [0.29, 0.717) is 4.47 Å². The van der Waals surface area contributed by atoms with Crippen LogP contribution in [0.1, 0.15) is 5.56 Å². The van der Waals surface area contributed by atoms with E-state index in [9.17, 15) is 4.39 Å². The molecule has 0 amide bonds. The lowest BCUT2D eigenvalue weighted by Gasteiger charge is -2.32. The minimum absolute atomic E-state index is 0.215. The van der Waals surface area contributed by atoms with E-state index in [2.05, 4.69) is 38.1 Å². The number of likely N-dealkylation sites (N-methyl/N-ethyl adjacent to an activating group) is 1. The molecule has 1 aromatic carbocycles. The van der Waals surface area contributed by atoms with Gasteiger partial charge < -0.3 is 10.2 Å². The molecule has 1 heterocycles. The maximum absolute atomic E-state index is 13.5. The topological polar surface area (TPSA) is 18.5 Å². The Balaban J connectivity index is 1.81. The summed E-state index contributed by atoms with van der Waals surface area (Å²) in [6.45, 7) is 8.34. The van der Waals surface area contributed by atoms with Gasteiger partial charge in [-0.25, -0.2) is 4.39 Å². The lowest BCUT2D eigenvalue weighted by atomic mass is 10.2. The molecular formula is C14H21BrFN3. The third-order valence-electron chi connectivity index (χ3n) is 3.61. The van der Waals surface area contributed by atoms with Gasteiger partial charge >= 0.3 is 0 Å². The van der Waals surface area contributed by atoms with Crippen molar-refractivity contribution in [3.05, 3.63) is 28.0 Å². The van der Waals surface area contributed by atoms with Crippen molar-refractivity contribution in [1.29, 1.82) is 0 Å². The third kappa shape index (κ3) is 4.16. The maximum atomic E-state index is 13.5. The minimum atomic E-state index is -0.215. The van der Waals surface area contributed by atoms with Gasteiger partial charge in [0.25, 0.3) is 0 Å². The van der Waals surface area contributed by atoms with Gasteiger partial charge in [0.05, 0.1) is 4.47 Å². The largest absolute Gasteiger partial charge is 0.383 e. The van der Waals surface area contributed by atoms with Crippen LogP contribution in [0.25, 0.3) is 0 Å². The molecular weight excluding hydrogens is 309 g/mol. The van der Waals surface area contributed by atoms with Crippen LogP contribution in [0.3, 0.4) is 0 Å². The van der Waals surface area contributed by atoms with Gasteiger partial charge in [-0.2, -0.15) is 0 Å². The van der Waals surface area contributed by atoms with Gasteiger partial charge in [0.2, 0.25) is 0 Å². The number of hydrogen-bond donors (Lipinski definition) is 1. The molecule has 1 fully saturated rings. The Kier molecular flexibility index (Phi) is 5.19. The first kappa shape index (κ1) is 14.8. The van der Waals surface area contributed by atoms with Crippen LogP contribution in [-0.2, 0) is 0 Å². The lowest BCUT2D eigenvalue weighted by Crippen LogP contribution is -2.45. The Morgan fingerprint density at radius 3 is 2.63 bits per heavy atom. The number of halogens is 2. The fourth-order valence-electron chi connectivity index (χ4n) is 2.26. The first-order valence-electron chi connectivity index (χ1n) is 6.66. The van der Waals surface area contributed by atoms with Gasteiger partial charge in [-0.05, 0) is 47.6 Å². The van der Waals surface area contributed by atoms with Crippen LogP contribution in [0, 0.1) is 12.7 Å². The van der Waals surface area contributed by atoms with Crippen molar-refractivity contribution in [2.24, 2.45) is 0 Å². The second-order valence-corrected chi connectivity index (χ2v) is 6.01. The standard InChI is InChI=1S/C14H21BrFN3/c1-11-9-12(15)13(16)10-14(11)17-3-4-19-7-5-18(2)6-8-19/h9-10,17H,3-8H2,1-2H3. The monoisotopic (exact) mass is 329 g/mol. The van der Waals surface area contributed by atoms with Crippen LogP contribution in [0.4, 0.5) is 10.1 Å². The lowest BCUT2D eigenvalue weighted by molar-refractivity contribution is 0.158. The molecule has 1 saturated heterocycles. The summed E-state index contributed by atoms with van der Waals surface area (Å²) in [4.78, 5) is 4.79. The van der Waals surface area contributed by atoms with E-state index in [1.54, 1.807) is 6.07 Å². The van der Waals surface area contributed by atoms with Crippen molar-refractivity contribution in [2.75, 3.05) is 51.6 Å². The molecule has 1 aliphatic heterocycles. The molecule has 0 saturated carbocycles. The van der Waals surface area contributed by atoms with E-state index < -0.39 is 0 Å². The summed E-state index contributed by atoms with van der Waals surface area (Å²) in [6.07, 6.45) is 0. The molecule has 0 spiro atoms. The number of rotatable bonds is 4. The zero-order chi connectivity index (χ0) is 13.8. The SMILES string of the molecule is Cc1cc(Br)c(F)cc1NCCN1CCN(C)CC1. The Labute approximate surface area is 122 Å². The van der Waals surface area contributed by atoms with Crippen molar-refractivity contribution in [3.8, 4) is 0 Å². The molecule has 106 valence electrons. The molecule has 1 aliphatic rings. The van der Waals surface area contributed by atoms with Crippen LogP contribution < -0.4 is 5.32 Å². The van der Waals surface area contributed by atoms with Gasteiger partial charge in [-0.15, -0.1) is 0 Å². The van der Waals surface area contributed by atoms with Crippen LogP contribution in [0.2, 0.25) is 0 Å². The average Bonchev–Trinajstić information content (AvgIpc) is 2.38. The molecule has 0 aromatic heterocycles. The van der Waals surface area contributed by atoms with Gasteiger partial charge in [0.15, 0.2) is 0 Å². The smallest absolute Gasteiger partial charge is 0.139 e. The Hall–Kier alpha value is -0.650. The molecule has 0 atom stereocenters. The van der Waals surface area contributed by atoms with Crippen molar-refractivity contribution >= 4 is 21.6 Å². The predicted octanol–water partition coefficient (Wildman–Crippen LogP) is 2.56. The van der Waals surface area contributed by atoms with Crippen LogP contribution in [0.5, 0.6) is 0 Å². The molecule has 0 bridgehead atoms. The third-order valence-corrected chi connectivity index (χ3v) is 4.21. The van der Waals surface area contributed by atoms with Gasteiger partial charge in [-0.3, -0.25) is 4.90 Å². The summed E-state index contributed by atoms with van der Waals surface area (Å²) < 4.78 is 14.0. The highest BCUT2D eigenvalue weighted by molar-refractivity contribution is 9.10. The number of aryl methyl sites for hydroxylation is 1. The zero-order valence-corrected chi connectivity index (χ0v) is 13.1. The van der Waals surface area contributed by atoms with Crippen LogP contribution in [0.15, 0.2) is 16.6 Å². The second-order valence-electron chi connectivity index (χ2n) is 5.15. The van der Waals surface area contributed by atoms with E-state index in [-0.39, 0.29) is 5.82 Å². The van der Waals surface area contributed by atoms with E-state index in [1.165, 1.54) is 0 Å². The molecule has 1 N–H and O–H groups in total.